The van der Waals surface area contributed by atoms with Crippen LogP contribution in [-0.4, -0.2) is 180 Å². The van der Waals surface area contributed by atoms with Crippen molar-refractivity contribution in [1.29, 1.82) is 0 Å². The molecule has 3 aromatic heterocycles. The zero-order chi connectivity index (χ0) is 74.6. The van der Waals surface area contributed by atoms with Crippen molar-refractivity contribution in [2.24, 2.45) is 16.9 Å². The number of aromatic hydroxyl groups is 1. The number of nitrogens with two attached hydrogens (primary N) is 2. The van der Waals surface area contributed by atoms with Crippen molar-refractivity contribution < 1.29 is 71.3 Å². The number of aromatic amines is 3. The number of phenols is 1. The monoisotopic (exact) mass is 1470 g/mol. The highest BCUT2D eigenvalue weighted by Crippen LogP contribution is 2.33. The minimum absolute atomic E-state index is 0.000554. The molecule has 0 spiro atoms. The van der Waals surface area contributed by atoms with E-state index in [1.54, 1.807) is 0 Å². The van der Waals surface area contributed by atoms with Crippen LogP contribution in [0.4, 0.5) is 8.78 Å². The Balaban J connectivity index is 1.02. The number of hydrogen-bond donors (Lipinski definition) is 14. The molecule has 0 saturated carbocycles. The molecule has 0 radical (unpaired) electrons. The zero-order valence-corrected chi connectivity index (χ0v) is 59.3. The first kappa shape index (κ1) is 76.4. The number of carbonyl (C=O) groups is 11. The van der Waals surface area contributed by atoms with E-state index < -0.39 is 149 Å². The van der Waals surface area contributed by atoms with E-state index in [1.165, 1.54) is 142 Å². The van der Waals surface area contributed by atoms with Gasteiger partial charge in [0.05, 0.1) is 11.7 Å². The van der Waals surface area contributed by atoms with Gasteiger partial charge in [0.15, 0.2) is 0 Å². The summed E-state index contributed by atoms with van der Waals surface area (Å²) in [5.41, 5.74) is 11.8. The third-order valence-electron chi connectivity index (χ3n) is 19.0. The number of rotatable bonds is 12. The highest BCUT2D eigenvalue weighted by atomic mass is 32.2. The Kier molecular flexibility index (Phi) is 24.9. The van der Waals surface area contributed by atoms with Crippen molar-refractivity contribution in [2.75, 3.05) is 24.6 Å². The van der Waals surface area contributed by atoms with E-state index in [1.807, 2.05) is 24.3 Å². The van der Waals surface area contributed by atoms with Crippen molar-refractivity contribution >= 4 is 123 Å². The van der Waals surface area contributed by atoms with E-state index in [0.717, 1.165) is 11.1 Å². The number of imidazole rings is 1. The van der Waals surface area contributed by atoms with Crippen LogP contribution in [0, 0.1) is 17.0 Å². The quantitative estimate of drug-likeness (QED) is 0.0613. The molecule has 3 aliphatic heterocycles. The van der Waals surface area contributed by atoms with Crippen LogP contribution in [-0.2, 0) is 88.2 Å². The number of unbranched alkanes of at least 4 members (excludes halogenated alkanes) is 1. The smallest absolute Gasteiger partial charge is 0.445 e. The van der Waals surface area contributed by atoms with Crippen molar-refractivity contribution in [3.63, 3.8) is 0 Å². The maximum Gasteiger partial charge on any atom is 0.445 e. The molecule has 550 valence electrons. The number of benzene rings is 4. The number of phenolic OH excluding ortho intramolecular Hbond substituents is 1. The molecule has 4 aromatic carbocycles. The molecule has 9 atom stereocenters. The van der Waals surface area contributed by atoms with Crippen LogP contribution >= 0.6 is 23.5 Å². The maximum atomic E-state index is 15.5. The van der Waals surface area contributed by atoms with Crippen LogP contribution in [0.3, 0.4) is 0 Å². The van der Waals surface area contributed by atoms with Crippen molar-refractivity contribution in [1.82, 2.24) is 67.4 Å². The fraction of sp³-hybridized carbons (Fsp3) is 0.408. The molecule has 10 amide bonds. The molecule has 2 fully saturated rings. The molecule has 6 heterocycles. The summed E-state index contributed by atoms with van der Waals surface area (Å²) in [7, 11) is 0. The number of carbonyl (C=O) groups excluding carboxylic acids is 11. The van der Waals surface area contributed by atoms with Crippen molar-refractivity contribution in [3.05, 3.63) is 149 Å². The van der Waals surface area contributed by atoms with Gasteiger partial charge in [-0.2, -0.15) is 23.5 Å². The minimum Gasteiger partial charge on any atom is -0.526 e. The summed E-state index contributed by atoms with van der Waals surface area (Å²) in [6.07, 6.45) is 5.82. The van der Waals surface area contributed by atoms with Gasteiger partial charge in [-0.3, -0.25) is 52.7 Å². The normalized spacial score (nSPS) is 24.3. The molecule has 7 aromatic rings. The largest absolute Gasteiger partial charge is 0.526 e. The predicted octanol–water partition coefficient (Wildman–Crippen LogP) is 1.87. The molecule has 3 aliphatic rings. The second kappa shape index (κ2) is 33.9. The van der Waals surface area contributed by atoms with Crippen molar-refractivity contribution in [2.45, 2.75) is 151 Å². The fourth-order valence-electron chi connectivity index (χ4n) is 13.0. The molecule has 0 aliphatic carbocycles. The SMILES string of the molecule is C[C@H]1NC(=O)[C@H](CCCCN)NC(=O)CCSCc2cccc(c2)CSC[C@@H](C(N)=O)NC(=O)[C@]2(C)CCCN2C(=O)[C@H](Cc2ccc(O)cc2)NC(=O)[C@H]2NC(=O)[C@@H](NC(=O)[C@H](Cc3c[nH]c4ccc(F)cc34)NC(=O)[C@H](Cc3c[nH]c4ccc(F)cc34)NC1=O)C(C)(C)C(=O)OB2c1cnc[nH]1. The predicted molar refractivity (Wildman–Crippen MR) is 386 cm³/mol. The average Bonchev–Trinajstić information content (AvgIpc) is 1.56. The molecule has 16 N–H and O–H groups in total. The standard InChI is InChI=1S/C71H84BF2N15O13S2/c1-38-61(93)83-52(27-42-31-78-49-18-14-44(73)29-47(42)49)63(95)84-53(28-43-32-79-50-19-15-45(74)30-48(43)50)64(96)87-58-65(97)88-59(72(56-33-77-37-80-56)102-69(101)70(58,2)3)66(98)85-54(26-39-12-16-46(90)17-13-39)67(99)89-23-8-21-71(89,4)68(100)86-55(60(76)92)36-104-35-41-10-7-9-40(25-41)34-103-24-20-57(91)82-51(62(94)81-38)11-5-6-22-75/h7,9-10,12-19,25,29-33,37-38,51-55,58-59,78-79,90H,5-6,8,11,20-24,26-28,34-36,75H2,1-4H3,(H2,76,92)(H,77,80)(H,81,94)(H,82,91)(H,83,93)(H,84,95)(H,85,98)(H,86,100)(H,87,96)(H,88,97)/t38-,51+,52+,53+,54+,55+,58-,59-,71+/m1/s1. The summed E-state index contributed by atoms with van der Waals surface area (Å²) in [5, 5.41) is 32.5. The number of primary amides is 1. The van der Waals surface area contributed by atoms with Gasteiger partial charge in [0, 0.05) is 101 Å². The van der Waals surface area contributed by atoms with Gasteiger partial charge in [-0.15, -0.1) is 0 Å². The summed E-state index contributed by atoms with van der Waals surface area (Å²) >= 11 is 2.79. The number of hydrogen-bond acceptors (Lipinski definition) is 17. The summed E-state index contributed by atoms with van der Waals surface area (Å²) in [6, 6.07) is 10.4. The van der Waals surface area contributed by atoms with Crippen LogP contribution in [0.5, 0.6) is 5.75 Å². The third kappa shape index (κ3) is 18.6. The lowest BCUT2D eigenvalue weighted by atomic mass is 9.55. The topological polar surface area (TPSA) is 429 Å². The van der Waals surface area contributed by atoms with Gasteiger partial charge >= 0.3 is 6.92 Å². The molecular formula is C71H84BF2N15O13S2. The third-order valence-corrected chi connectivity index (χ3v) is 21.1. The van der Waals surface area contributed by atoms with E-state index >= 15 is 28.4 Å². The highest BCUT2D eigenvalue weighted by Gasteiger charge is 2.54. The molecule has 2 saturated heterocycles. The number of nitrogens with zero attached hydrogens (tertiary/aromatic N) is 2. The lowest BCUT2D eigenvalue weighted by molar-refractivity contribution is -0.152. The molecule has 4 bridgehead atoms. The Morgan fingerprint density at radius 3 is 1.92 bits per heavy atom. The molecule has 10 rings (SSSR count). The molecule has 33 heteroatoms. The molecule has 104 heavy (non-hydrogen) atoms. The number of halogens is 2. The van der Waals surface area contributed by atoms with Crippen LogP contribution in [0.2, 0.25) is 0 Å². The van der Waals surface area contributed by atoms with Crippen molar-refractivity contribution in [3.8, 4) is 5.75 Å². The Bertz CT molecular complexity index is 4350. The van der Waals surface area contributed by atoms with E-state index in [2.05, 4.69) is 62.5 Å². The van der Waals surface area contributed by atoms with Gasteiger partial charge in [-0.1, -0.05) is 36.4 Å². The first-order chi connectivity index (χ1) is 49.7. The number of thioether (sulfide) groups is 2. The average molecular weight is 1470 g/mol. The molecule has 0 unspecified atom stereocenters. The van der Waals surface area contributed by atoms with Gasteiger partial charge in [0.2, 0.25) is 59.1 Å². The Morgan fingerprint density at radius 1 is 0.683 bits per heavy atom. The Labute approximate surface area is 605 Å². The number of aromatic nitrogens is 4. The second-order valence-corrected chi connectivity index (χ2v) is 29.2. The zero-order valence-electron chi connectivity index (χ0n) is 57.7. The van der Waals surface area contributed by atoms with Crippen LogP contribution in [0.1, 0.15) is 94.0 Å². The van der Waals surface area contributed by atoms with Crippen LogP contribution in [0.25, 0.3) is 21.8 Å². The number of H-pyrrole nitrogens is 3. The second-order valence-electron chi connectivity index (χ2n) is 27.0. The molecular weight excluding hydrogens is 1380 g/mol. The number of amides is 10. The summed E-state index contributed by atoms with van der Waals surface area (Å²) < 4.78 is 36.2. The Morgan fingerprint density at radius 2 is 1.30 bits per heavy atom. The van der Waals surface area contributed by atoms with Gasteiger partial charge in [-0.05, 0) is 143 Å². The van der Waals surface area contributed by atoms with Gasteiger partial charge < -0.3 is 83.6 Å². The summed E-state index contributed by atoms with van der Waals surface area (Å²) in [4.78, 5) is 176. The first-order valence-electron chi connectivity index (χ1n) is 34.1. The van der Waals surface area contributed by atoms with E-state index in [4.69, 9.17) is 16.1 Å². The number of fused-ring (bicyclic) bond motifs is 8. The number of nitrogens with one attached hydrogen (secondary N) is 11. The lowest BCUT2D eigenvalue weighted by Crippen LogP contribution is -2.71. The molecule has 28 nitrogen and oxygen atoms in total. The minimum atomic E-state index is -2.05. The lowest BCUT2D eigenvalue weighted by Gasteiger charge is -2.39. The van der Waals surface area contributed by atoms with Gasteiger partial charge in [-0.25, -0.2) is 13.8 Å². The summed E-state index contributed by atoms with van der Waals surface area (Å²) in [6.45, 7) is 4.02. The van der Waals surface area contributed by atoms with Crippen LogP contribution < -0.4 is 59.6 Å². The van der Waals surface area contributed by atoms with Gasteiger partial charge in [0.1, 0.15) is 71.2 Å². The fourth-order valence-corrected chi connectivity index (χ4v) is 14.9. The summed E-state index contributed by atoms with van der Waals surface area (Å²) in [5.74, 6) is -12.1. The van der Waals surface area contributed by atoms with Crippen LogP contribution in [0.15, 0.2) is 110 Å². The highest BCUT2D eigenvalue weighted by molar-refractivity contribution is 7.98. The maximum absolute atomic E-state index is 15.5. The van der Waals surface area contributed by atoms with E-state index in [0.29, 0.717) is 70.6 Å². The van der Waals surface area contributed by atoms with E-state index in [9.17, 15) is 38.3 Å². The first-order valence-corrected chi connectivity index (χ1v) is 36.5. The Hall–Kier alpha value is -10.3. The van der Waals surface area contributed by atoms with E-state index in [-0.39, 0.29) is 66.7 Å². The van der Waals surface area contributed by atoms with Gasteiger partial charge in [0.25, 0.3) is 5.97 Å².